The lowest BCUT2D eigenvalue weighted by atomic mass is 9.43. The van der Waals surface area contributed by atoms with Gasteiger partial charge in [0.2, 0.25) is 0 Å². The van der Waals surface area contributed by atoms with E-state index in [1.807, 2.05) is 0 Å². The number of nitrogens with zero attached hydrogens (tertiary/aromatic N) is 1. The van der Waals surface area contributed by atoms with E-state index in [2.05, 4.69) is 31.0 Å². The Morgan fingerprint density at radius 3 is 2.46 bits per heavy atom. The Morgan fingerprint density at radius 1 is 1.03 bits per heavy atom. The second-order valence-corrected chi connectivity index (χ2v) is 13.5. The van der Waals surface area contributed by atoms with Gasteiger partial charge in [-0.15, -0.1) is 0 Å². The van der Waals surface area contributed by atoms with E-state index < -0.39 is 0 Å². The van der Waals surface area contributed by atoms with Gasteiger partial charge in [0.25, 0.3) is 0 Å². The highest BCUT2D eigenvalue weighted by atomic mass is 16.5. The lowest BCUT2D eigenvalue weighted by Gasteiger charge is -2.63. The summed E-state index contributed by atoms with van der Waals surface area (Å²) in [6.45, 7) is 12.1. The number of esters is 1. The maximum absolute atomic E-state index is 11.9. The Labute approximate surface area is 214 Å². The number of carbonyl (C=O) groups is 1. The molecule has 4 saturated carbocycles. The van der Waals surface area contributed by atoms with E-state index in [4.69, 9.17) is 4.74 Å². The first-order chi connectivity index (χ1) is 16.8. The van der Waals surface area contributed by atoms with Gasteiger partial charge in [-0.2, -0.15) is 0 Å². The molecule has 0 radical (unpaired) electrons. The summed E-state index contributed by atoms with van der Waals surface area (Å²) in [7, 11) is 1.51. The number of rotatable bonds is 6. The molecular weight excluding hydrogens is 436 g/mol. The molecule has 0 bridgehead atoms. The van der Waals surface area contributed by atoms with E-state index in [-0.39, 0.29) is 12.1 Å². The summed E-state index contributed by atoms with van der Waals surface area (Å²) in [4.78, 5) is 14.6. The maximum Gasteiger partial charge on any atom is 0.305 e. The average Bonchev–Trinajstić information content (AvgIpc) is 3.22. The molecule has 1 heterocycles. The van der Waals surface area contributed by atoms with Crippen LogP contribution in [0.1, 0.15) is 91.4 Å². The molecule has 4 aliphatic carbocycles. The molecule has 4 unspecified atom stereocenters. The minimum absolute atomic E-state index is 0.0577. The van der Waals surface area contributed by atoms with E-state index in [0.29, 0.717) is 47.0 Å². The fourth-order valence-electron chi connectivity index (χ4n) is 10.6. The topological polar surface area (TPSA) is 61.8 Å². The molecule has 0 spiro atoms. The van der Waals surface area contributed by atoms with Gasteiger partial charge >= 0.3 is 5.97 Å². The first-order valence-electron chi connectivity index (χ1n) is 15.0. The second kappa shape index (κ2) is 10.3. The Kier molecular flexibility index (Phi) is 7.61. The van der Waals surface area contributed by atoms with Crippen molar-refractivity contribution in [2.45, 2.75) is 104 Å². The number of aliphatic hydroxyl groups excluding tert-OH is 1. The Morgan fingerprint density at radius 2 is 1.74 bits per heavy atom. The predicted molar refractivity (Wildman–Crippen MR) is 140 cm³/mol. The third-order valence-electron chi connectivity index (χ3n) is 12.4. The van der Waals surface area contributed by atoms with Crippen LogP contribution in [0.3, 0.4) is 0 Å². The molecule has 2 N–H and O–H groups in total. The summed E-state index contributed by atoms with van der Waals surface area (Å²) in [5.74, 6) is 3.97. The van der Waals surface area contributed by atoms with Crippen LogP contribution in [0.4, 0.5) is 0 Å². The Bertz CT molecular complexity index is 754. The Balaban J connectivity index is 1.30. The number of methoxy groups -OCH3 is 1. The summed E-state index contributed by atoms with van der Waals surface area (Å²) in [6, 6.07) is 0.672. The minimum atomic E-state index is -0.130. The molecule has 10 atom stereocenters. The van der Waals surface area contributed by atoms with Crippen molar-refractivity contribution in [2.75, 3.05) is 33.3 Å². The summed E-state index contributed by atoms with van der Waals surface area (Å²) < 4.78 is 4.96. The first kappa shape index (κ1) is 26.0. The lowest BCUT2D eigenvalue weighted by Crippen LogP contribution is -2.60. The smallest absolute Gasteiger partial charge is 0.305 e. The molecule has 1 aliphatic heterocycles. The highest BCUT2D eigenvalue weighted by molar-refractivity contribution is 5.69. The molecule has 5 nitrogen and oxygen atoms in total. The Hall–Kier alpha value is -0.650. The number of fused-ring (bicyclic) bond motifs is 5. The van der Waals surface area contributed by atoms with Gasteiger partial charge in [0.1, 0.15) is 0 Å². The average molecular weight is 489 g/mol. The van der Waals surface area contributed by atoms with Crippen molar-refractivity contribution < 1.29 is 14.6 Å². The van der Waals surface area contributed by atoms with Gasteiger partial charge in [-0.1, -0.05) is 27.2 Å². The SMILES string of the molecule is CC[C@@H](CCC(=O)OC)[C@H]1CCC2C3C[C@@H](O)[C@H]4CC(N5CCNCC5)CC[C@]4(C)C3CC[C@@]21C. The summed E-state index contributed by atoms with van der Waals surface area (Å²) in [5.41, 5.74) is 0.681. The number of nitrogens with one attached hydrogen (secondary N) is 1. The monoisotopic (exact) mass is 488 g/mol. The third-order valence-corrected chi connectivity index (χ3v) is 12.4. The van der Waals surface area contributed by atoms with Gasteiger partial charge in [-0.25, -0.2) is 0 Å². The van der Waals surface area contributed by atoms with Gasteiger partial charge in [-0.3, -0.25) is 9.69 Å². The van der Waals surface area contributed by atoms with Crippen molar-refractivity contribution in [1.82, 2.24) is 10.2 Å². The number of hydrogen-bond donors (Lipinski definition) is 2. The first-order valence-corrected chi connectivity index (χ1v) is 15.0. The van der Waals surface area contributed by atoms with Crippen LogP contribution in [0, 0.1) is 46.3 Å². The molecule has 200 valence electrons. The largest absolute Gasteiger partial charge is 0.469 e. The van der Waals surface area contributed by atoms with Crippen molar-refractivity contribution >= 4 is 5.97 Å². The van der Waals surface area contributed by atoms with Crippen molar-refractivity contribution in [3.63, 3.8) is 0 Å². The number of carbonyl (C=O) groups excluding carboxylic acids is 1. The second-order valence-electron chi connectivity index (χ2n) is 13.5. The highest BCUT2D eigenvalue weighted by Crippen LogP contribution is 2.68. The summed E-state index contributed by atoms with van der Waals surface area (Å²) in [6.07, 6.45) is 12.7. The van der Waals surface area contributed by atoms with Gasteiger partial charge in [0.05, 0.1) is 13.2 Å². The van der Waals surface area contributed by atoms with Crippen molar-refractivity contribution in [1.29, 1.82) is 0 Å². The van der Waals surface area contributed by atoms with Crippen LogP contribution in [0.15, 0.2) is 0 Å². The van der Waals surface area contributed by atoms with Crippen LogP contribution in [0.5, 0.6) is 0 Å². The van der Waals surface area contributed by atoms with Crippen LogP contribution in [0.2, 0.25) is 0 Å². The fourth-order valence-corrected chi connectivity index (χ4v) is 10.6. The van der Waals surface area contributed by atoms with E-state index in [9.17, 15) is 9.90 Å². The number of aliphatic hydroxyl groups is 1. The van der Waals surface area contributed by atoms with Crippen LogP contribution < -0.4 is 5.32 Å². The summed E-state index contributed by atoms with van der Waals surface area (Å²) >= 11 is 0. The predicted octanol–water partition coefficient (Wildman–Crippen LogP) is 4.87. The normalized spacial score (nSPS) is 46.8. The molecule has 1 saturated heterocycles. The molecule has 5 heteroatoms. The van der Waals surface area contributed by atoms with Crippen LogP contribution in [-0.2, 0) is 9.53 Å². The zero-order valence-electron chi connectivity index (χ0n) is 22.9. The van der Waals surface area contributed by atoms with Crippen molar-refractivity contribution in [3.05, 3.63) is 0 Å². The van der Waals surface area contributed by atoms with E-state index in [1.165, 1.54) is 65.1 Å². The van der Waals surface area contributed by atoms with Crippen LogP contribution in [0.25, 0.3) is 0 Å². The van der Waals surface area contributed by atoms with Gasteiger partial charge in [0, 0.05) is 38.6 Å². The molecule has 0 aromatic carbocycles. The quantitative estimate of drug-likeness (QED) is 0.523. The van der Waals surface area contributed by atoms with E-state index in [1.54, 1.807) is 0 Å². The standard InChI is InChI=1S/C30H52N2O3/c1-5-20(6-9-28(34)35-4)23-7-8-24-22-19-27(33)26-18-21(32-16-14-31-15-17-32)10-12-30(26,3)25(22)11-13-29(23,24)2/h20-27,31,33H,5-19H2,1-4H3/t20-,21?,22?,23+,24?,25?,26+,27+,29+,30+/m0/s1. The zero-order chi connectivity index (χ0) is 24.8. The fraction of sp³-hybridized carbons (Fsp3) is 0.967. The molecule has 5 fully saturated rings. The number of hydrogen-bond acceptors (Lipinski definition) is 5. The molecule has 0 amide bonds. The molecular formula is C30H52N2O3. The number of ether oxygens (including phenoxy) is 1. The zero-order valence-corrected chi connectivity index (χ0v) is 22.9. The third kappa shape index (κ3) is 4.50. The van der Waals surface area contributed by atoms with Crippen LogP contribution in [-0.4, -0.2) is 61.4 Å². The van der Waals surface area contributed by atoms with Gasteiger partial charge in [-0.05, 0) is 104 Å². The minimum Gasteiger partial charge on any atom is -0.469 e. The van der Waals surface area contributed by atoms with Crippen molar-refractivity contribution in [3.8, 4) is 0 Å². The molecule has 0 aromatic rings. The number of piperazine rings is 1. The van der Waals surface area contributed by atoms with E-state index >= 15 is 0 Å². The molecule has 5 rings (SSSR count). The van der Waals surface area contributed by atoms with Crippen molar-refractivity contribution in [2.24, 2.45) is 46.3 Å². The van der Waals surface area contributed by atoms with E-state index in [0.717, 1.165) is 44.2 Å². The molecule has 5 aliphatic rings. The molecule has 0 aromatic heterocycles. The summed E-state index contributed by atoms with van der Waals surface area (Å²) in [5, 5.41) is 15.1. The van der Waals surface area contributed by atoms with Gasteiger partial charge in [0.15, 0.2) is 0 Å². The highest BCUT2D eigenvalue weighted by Gasteiger charge is 2.62. The lowest BCUT2D eigenvalue weighted by molar-refractivity contribution is -0.168. The van der Waals surface area contributed by atoms with Gasteiger partial charge < -0.3 is 15.2 Å². The van der Waals surface area contributed by atoms with Crippen LogP contribution >= 0.6 is 0 Å². The molecule has 35 heavy (non-hydrogen) atoms. The maximum atomic E-state index is 11.9.